The van der Waals surface area contributed by atoms with Gasteiger partial charge in [0.05, 0.1) is 17.4 Å². The first-order valence-electron chi connectivity index (χ1n) is 6.41. The van der Waals surface area contributed by atoms with Crippen LogP contribution in [0.2, 0.25) is 0 Å². The van der Waals surface area contributed by atoms with Gasteiger partial charge in [0.15, 0.2) is 4.60 Å². The van der Waals surface area contributed by atoms with Crippen molar-refractivity contribution >= 4 is 15.9 Å². The van der Waals surface area contributed by atoms with Crippen molar-refractivity contribution in [3.8, 4) is 0 Å². The summed E-state index contributed by atoms with van der Waals surface area (Å²) in [6.07, 6.45) is 2.78. The Labute approximate surface area is 121 Å². The third kappa shape index (κ3) is 2.84. The molecule has 0 aliphatic carbocycles. The predicted octanol–water partition coefficient (Wildman–Crippen LogP) is 2.23. The first kappa shape index (κ1) is 14.1. The zero-order valence-corrected chi connectivity index (χ0v) is 13.0. The zero-order chi connectivity index (χ0) is 13.8. The Morgan fingerprint density at radius 3 is 2.79 bits per heavy atom. The van der Waals surface area contributed by atoms with Crippen molar-refractivity contribution in [3.05, 3.63) is 39.9 Å². The van der Waals surface area contributed by atoms with Crippen molar-refractivity contribution in [1.82, 2.24) is 25.3 Å². The molecule has 0 aliphatic rings. The predicted molar refractivity (Wildman–Crippen MR) is 77.8 cm³/mol. The van der Waals surface area contributed by atoms with Crippen molar-refractivity contribution in [2.45, 2.75) is 26.3 Å². The van der Waals surface area contributed by atoms with Gasteiger partial charge >= 0.3 is 0 Å². The average molecular weight is 324 g/mol. The molecule has 0 saturated heterocycles. The molecule has 0 bridgehead atoms. The molecule has 0 radical (unpaired) electrons. The summed E-state index contributed by atoms with van der Waals surface area (Å²) in [7, 11) is 1.89. The number of aromatic nitrogens is 4. The minimum Gasteiger partial charge on any atom is -0.304 e. The summed E-state index contributed by atoms with van der Waals surface area (Å²) in [5, 5.41) is 11.6. The summed E-state index contributed by atoms with van der Waals surface area (Å²) in [5.41, 5.74) is 3.27. The molecule has 1 N–H and O–H groups in total. The largest absolute Gasteiger partial charge is 0.304 e. The molecule has 1 unspecified atom stereocenters. The van der Waals surface area contributed by atoms with Crippen LogP contribution in [0.1, 0.15) is 36.8 Å². The van der Waals surface area contributed by atoms with Crippen molar-refractivity contribution in [2.24, 2.45) is 7.05 Å². The molecular weight excluding hydrogens is 306 g/mol. The molecule has 102 valence electrons. The van der Waals surface area contributed by atoms with E-state index in [1.54, 1.807) is 4.68 Å². The molecule has 0 saturated carbocycles. The number of hydrogen-bond donors (Lipinski definition) is 1. The lowest BCUT2D eigenvalue weighted by Gasteiger charge is -2.20. The van der Waals surface area contributed by atoms with Crippen LogP contribution in [0.15, 0.2) is 22.9 Å². The molecule has 19 heavy (non-hydrogen) atoms. The Morgan fingerprint density at radius 1 is 1.42 bits per heavy atom. The Morgan fingerprint density at radius 2 is 2.21 bits per heavy atom. The van der Waals surface area contributed by atoms with E-state index < -0.39 is 0 Å². The van der Waals surface area contributed by atoms with Crippen LogP contribution >= 0.6 is 15.9 Å². The highest BCUT2D eigenvalue weighted by atomic mass is 79.9. The van der Waals surface area contributed by atoms with Gasteiger partial charge in [-0.2, -0.15) is 0 Å². The average Bonchev–Trinajstić information content (AvgIpc) is 2.76. The van der Waals surface area contributed by atoms with Gasteiger partial charge in [-0.05, 0) is 40.5 Å². The summed E-state index contributed by atoms with van der Waals surface area (Å²) in [4.78, 5) is 4.55. The van der Waals surface area contributed by atoms with E-state index in [0.717, 1.165) is 29.0 Å². The van der Waals surface area contributed by atoms with Crippen molar-refractivity contribution in [3.63, 3.8) is 0 Å². The number of hydrogen-bond acceptors (Lipinski definition) is 4. The molecule has 0 fully saturated rings. The minimum atomic E-state index is -0.00414. The third-order valence-corrected chi connectivity index (χ3v) is 3.65. The van der Waals surface area contributed by atoms with Crippen molar-refractivity contribution in [1.29, 1.82) is 0 Å². The van der Waals surface area contributed by atoms with Crippen molar-refractivity contribution < 1.29 is 0 Å². The van der Waals surface area contributed by atoms with Crippen LogP contribution in [0.5, 0.6) is 0 Å². The molecule has 0 amide bonds. The number of rotatable bonds is 5. The second-order valence-electron chi connectivity index (χ2n) is 4.28. The van der Waals surface area contributed by atoms with E-state index in [1.807, 2.05) is 19.3 Å². The molecule has 0 spiro atoms. The van der Waals surface area contributed by atoms with Crippen LogP contribution in [0, 0.1) is 0 Å². The van der Waals surface area contributed by atoms with Gasteiger partial charge in [0.25, 0.3) is 0 Å². The number of nitrogens with one attached hydrogen (secondary N) is 1. The molecule has 2 heterocycles. The molecule has 1 atom stereocenters. The van der Waals surface area contributed by atoms with E-state index in [4.69, 9.17) is 0 Å². The fraction of sp³-hybridized carbons (Fsp3) is 0.462. The van der Waals surface area contributed by atoms with Crippen LogP contribution < -0.4 is 5.32 Å². The maximum absolute atomic E-state index is 4.55. The standard InChI is InChI=1S/C13H18BrN5/c1-4-9-7-6-8-16-10(9)11(15-5-2)12-13(14)17-18-19(12)3/h6-8,11,15H,4-5H2,1-3H3. The number of aryl methyl sites for hydroxylation is 2. The quantitative estimate of drug-likeness (QED) is 0.916. The van der Waals surface area contributed by atoms with Gasteiger partial charge in [-0.15, -0.1) is 5.10 Å². The highest BCUT2D eigenvalue weighted by Gasteiger charge is 2.24. The second-order valence-corrected chi connectivity index (χ2v) is 5.03. The minimum absolute atomic E-state index is 0.00414. The maximum atomic E-state index is 4.55. The lowest BCUT2D eigenvalue weighted by atomic mass is 10.0. The van der Waals surface area contributed by atoms with Gasteiger partial charge in [-0.25, -0.2) is 4.68 Å². The summed E-state index contributed by atoms with van der Waals surface area (Å²) in [5.74, 6) is 0. The fourth-order valence-electron chi connectivity index (χ4n) is 2.18. The highest BCUT2D eigenvalue weighted by molar-refractivity contribution is 9.10. The highest BCUT2D eigenvalue weighted by Crippen LogP contribution is 2.27. The monoisotopic (exact) mass is 323 g/mol. The maximum Gasteiger partial charge on any atom is 0.153 e. The SMILES string of the molecule is CCNC(c1ncccc1CC)c1c(Br)nnn1C. The van der Waals surface area contributed by atoms with Gasteiger partial charge in [0, 0.05) is 13.2 Å². The molecule has 2 aromatic rings. The first-order valence-corrected chi connectivity index (χ1v) is 7.20. The van der Waals surface area contributed by atoms with Crippen LogP contribution in [-0.2, 0) is 13.5 Å². The van der Waals surface area contributed by atoms with Gasteiger partial charge in [-0.3, -0.25) is 4.98 Å². The van der Waals surface area contributed by atoms with Gasteiger partial charge in [0.2, 0.25) is 0 Å². The van der Waals surface area contributed by atoms with E-state index in [9.17, 15) is 0 Å². The van der Waals surface area contributed by atoms with Crippen LogP contribution in [0.25, 0.3) is 0 Å². The summed E-state index contributed by atoms with van der Waals surface area (Å²) in [6.45, 7) is 5.07. The molecule has 2 rings (SSSR count). The Balaban J connectivity index is 2.51. The lowest BCUT2D eigenvalue weighted by Crippen LogP contribution is -2.26. The van der Waals surface area contributed by atoms with Gasteiger partial charge < -0.3 is 5.32 Å². The fourth-order valence-corrected chi connectivity index (χ4v) is 2.74. The molecule has 6 heteroatoms. The number of nitrogens with zero attached hydrogens (tertiary/aromatic N) is 4. The van der Waals surface area contributed by atoms with Gasteiger partial charge in [0.1, 0.15) is 0 Å². The van der Waals surface area contributed by atoms with E-state index in [0.29, 0.717) is 0 Å². The Kier molecular flexibility index (Phi) is 4.66. The third-order valence-electron chi connectivity index (χ3n) is 3.09. The van der Waals surface area contributed by atoms with Crippen LogP contribution in [-0.4, -0.2) is 26.5 Å². The van der Waals surface area contributed by atoms with Crippen LogP contribution in [0.3, 0.4) is 0 Å². The Bertz CT molecular complexity index is 532. The van der Waals surface area contributed by atoms with E-state index in [1.165, 1.54) is 5.56 Å². The normalized spacial score (nSPS) is 12.6. The number of halogens is 1. The zero-order valence-electron chi connectivity index (χ0n) is 11.4. The Hall–Kier alpha value is -1.27. The number of pyridine rings is 1. The second kappa shape index (κ2) is 6.25. The summed E-state index contributed by atoms with van der Waals surface area (Å²) >= 11 is 3.47. The topological polar surface area (TPSA) is 55.6 Å². The molecule has 0 aromatic carbocycles. The smallest absolute Gasteiger partial charge is 0.153 e. The lowest BCUT2D eigenvalue weighted by molar-refractivity contribution is 0.553. The molecule has 0 aliphatic heterocycles. The van der Waals surface area contributed by atoms with E-state index >= 15 is 0 Å². The van der Waals surface area contributed by atoms with Gasteiger partial charge in [-0.1, -0.05) is 25.1 Å². The van der Waals surface area contributed by atoms with Crippen LogP contribution in [0.4, 0.5) is 0 Å². The first-order chi connectivity index (χ1) is 9.19. The summed E-state index contributed by atoms with van der Waals surface area (Å²) < 4.78 is 2.54. The van der Waals surface area contributed by atoms with Crippen molar-refractivity contribution in [2.75, 3.05) is 6.54 Å². The summed E-state index contributed by atoms with van der Waals surface area (Å²) in [6, 6.07) is 4.09. The van der Waals surface area contributed by atoms with E-state index in [-0.39, 0.29) is 6.04 Å². The molecular formula is C13H18BrN5. The molecule has 2 aromatic heterocycles. The van der Waals surface area contributed by atoms with E-state index in [2.05, 4.69) is 56.5 Å². The molecule has 5 nitrogen and oxygen atoms in total.